The highest BCUT2D eigenvalue weighted by Gasteiger charge is 2.56. The highest BCUT2D eigenvalue weighted by Crippen LogP contribution is 2.62. The molecule has 2 unspecified atom stereocenters. The van der Waals surface area contributed by atoms with Crippen LogP contribution in [0.2, 0.25) is 0 Å². The van der Waals surface area contributed by atoms with Crippen molar-refractivity contribution < 1.29 is 0 Å². The first-order valence-electron chi connectivity index (χ1n) is 7.62. The molecule has 0 aromatic carbocycles. The molecule has 2 heteroatoms. The number of thioether (sulfide) groups is 1. The highest BCUT2D eigenvalue weighted by molar-refractivity contribution is 8.01. The fourth-order valence-corrected chi connectivity index (χ4v) is 8.06. The number of hydrogen-bond donors (Lipinski definition) is 1. The fourth-order valence-electron chi connectivity index (χ4n) is 5.75. The van der Waals surface area contributed by atoms with E-state index in [4.69, 9.17) is 5.73 Å². The van der Waals surface area contributed by atoms with E-state index < -0.39 is 0 Å². The van der Waals surface area contributed by atoms with Gasteiger partial charge in [0.15, 0.2) is 0 Å². The summed E-state index contributed by atoms with van der Waals surface area (Å²) in [5.41, 5.74) is 6.91. The van der Waals surface area contributed by atoms with E-state index in [0.717, 1.165) is 17.1 Å². The Morgan fingerprint density at radius 3 is 2.18 bits per heavy atom. The average Bonchev–Trinajstić information content (AvgIpc) is 2.64. The van der Waals surface area contributed by atoms with Crippen molar-refractivity contribution in [3.05, 3.63) is 0 Å². The van der Waals surface area contributed by atoms with Gasteiger partial charge in [0, 0.05) is 15.5 Å². The third-order valence-corrected chi connectivity index (χ3v) is 7.55. The van der Waals surface area contributed by atoms with Gasteiger partial charge < -0.3 is 5.73 Å². The topological polar surface area (TPSA) is 26.0 Å². The van der Waals surface area contributed by atoms with Crippen LogP contribution < -0.4 is 5.73 Å². The second kappa shape index (κ2) is 3.66. The molecule has 4 bridgehead atoms. The molecule has 5 fully saturated rings. The summed E-state index contributed by atoms with van der Waals surface area (Å²) in [6.45, 7) is 0. The summed E-state index contributed by atoms with van der Waals surface area (Å²) >= 11 is 2.38. The smallest absolute Gasteiger partial charge is 0.0185 e. The van der Waals surface area contributed by atoms with Crippen molar-refractivity contribution in [1.82, 2.24) is 0 Å². The van der Waals surface area contributed by atoms with Crippen molar-refractivity contribution in [2.45, 2.75) is 79.7 Å². The maximum absolute atomic E-state index is 6.67. The van der Waals surface area contributed by atoms with Crippen LogP contribution in [0.25, 0.3) is 0 Å². The van der Waals surface area contributed by atoms with Crippen LogP contribution in [-0.4, -0.2) is 15.5 Å². The Balaban J connectivity index is 1.56. The van der Waals surface area contributed by atoms with Crippen LogP contribution in [-0.2, 0) is 0 Å². The first kappa shape index (κ1) is 11.2. The molecule has 5 saturated carbocycles. The van der Waals surface area contributed by atoms with Gasteiger partial charge in [0.1, 0.15) is 0 Å². The van der Waals surface area contributed by atoms with Crippen molar-refractivity contribution in [3.8, 4) is 0 Å². The van der Waals surface area contributed by atoms with E-state index >= 15 is 0 Å². The van der Waals surface area contributed by atoms with E-state index in [0.29, 0.717) is 4.75 Å². The van der Waals surface area contributed by atoms with Crippen LogP contribution in [0.15, 0.2) is 0 Å². The summed E-state index contributed by atoms with van der Waals surface area (Å²) in [6.07, 6.45) is 14.5. The lowest BCUT2D eigenvalue weighted by molar-refractivity contribution is 0.0175. The Kier molecular flexibility index (Phi) is 2.40. The summed E-state index contributed by atoms with van der Waals surface area (Å²) in [6, 6.07) is 0. The summed E-state index contributed by atoms with van der Waals surface area (Å²) in [5.74, 6) is 1.96. The molecule has 17 heavy (non-hydrogen) atoms. The van der Waals surface area contributed by atoms with Crippen molar-refractivity contribution >= 4 is 11.8 Å². The molecule has 0 heterocycles. The third-order valence-electron chi connectivity index (χ3n) is 5.77. The number of rotatable bonds is 2. The van der Waals surface area contributed by atoms with Gasteiger partial charge in [0.25, 0.3) is 0 Å². The van der Waals surface area contributed by atoms with Crippen LogP contribution in [0, 0.1) is 11.8 Å². The largest absolute Gasteiger partial charge is 0.325 e. The number of nitrogens with two attached hydrogens (primary N) is 1. The van der Waals surface area contributed by atoms with E-state index in [-0.39, 0.29) is 5.54 Å². The van der Waals surface area contributed by atoms with Crippen molar-refractivity contribution in [1.29, 1.82) is 0 Å². The molecule has 0 aliphatic heterocycles. The average molecular weight is 251 g/mol. The predicted molar refractivity (Wildman–Crippen MR) is 74.2 cm³/mol. The minimum absolute atomic E-state index is 0.246. The van der Waals surface area contributed by atoms with Crippen molar-refractivity contribution in [2.24, 2.45) is 17.6 Å². The van der Waals surface area contributed by atoms with Crippen LogP contribution in [0.4, 0.5) is 0 Å². The first-order chi connectivity index (χ1) is 8.15. The monoisotopic (exact) mass is 251 g/mol. The highest BCUT2D eigenvalue weighted by atomic mass is 32.2. The van der Waals surface area contributed by atoms with Crippen LogP contribution in [0.5, 0.6) is 0 Å². The summed E-state index contributed by atoms with van der Waals surface area (Å²) in [4.78, 5) is 0. The van der Waals surface area contributed by atoms with E-state index in [9.17, 15) is 0 Å². The molecule has 96 valence electrons. The maximum atomic E-state index is 6.67. The Morgan fingerprint density at radius 1 is 0.941 bits per heavy atom. The second-order valence-corrected chi connectivity index (χ2v) is 9.30. The van der Waals surface area contributed by atoms with E-state index in [1.807, 2.05) is 0 Å². The van der Waals surface area contributed by atoms with Gasteiger partial charge in [0.05, 0.1) is 0 Å². The molecule has 5 rings (SSSR count). The summed E-state index contributed by atoms with van der Waals surface area (Å²) in [7, 11) is 0. The Bertz CT molecular complexity index is 307. The van der Waals surface area contributed by atoms with Crippen LogP contribution in [0.3, 0.4) is 0 Å². The van der Waals surface area contributed by atoms with Gasteiger partial charge in [-0.2, -0.15) is 11.8 Å². The maximum Gasteiger partial charge on any atom is 0.0185 e. The predicted octanol–water partition coefficient (Wildman–Crippen LogP) is 3.71. The molecule has 0 aromatic rings. The Labute approximate surface area is 109 Å². The van der Waals surface area contributed by atoms with E-state index in [1.165, 1.54) is 64.2 Å². The zero-order chi connectivity index (χ0) is 11.5. The van der Waals surface area contributed by atoms with Gasteiger partial charge in [-0.1, -0.05) is 12.8 Å². The summed E-state index contributed by atoms with van der Waals surface area (Å²) < 4.78 is 0.619. The van der Waals surface area contributed by atoms with Crippen LogP contribution >= 0.6 is 11.8 Å². The summed E-state index contributed by atoms with van der Waals surface area (Å²) in [5, 5.41) is 0.981. The molecule has 0 aromatic heterocycles. The molecular weight excluding hydrogens is 226 g/mol. The van der Waals surface area contributed by atoms with Gasteiger partial charge in [-0.25, -0.2) is 0 Å². The first-order valence-corrected chi connectivity index (χ1v) is 8.50. The molecule has 2 atom stereocenters. The minimum atomic E-state index is 0.246. The Morgan fingerprint density at radius 2 is 1.59 bits per heavy atom. The molecule has 0 saturated heterocycles. The van der Waals surface area contributed by atoms with Crippen molar-refractivity contribution in [3.63, 3.8) is 0 Å². The zero-order valence-corrected chi connectivity index (χ0v) is 11.6. The van der Waals surface area contributed by atoms with Gasteiger partial charge in [0.2, 0.25) is 0 Å². The number of hydrogen-bond acceptors (Lipinski definition) is 2. The molecular formula is C15H25NS. The Hall–Kier alpha value is 0.310. The SMILES string of the molecule is NC12CC3CC(C1)CC(SC1CCCC1)(C3)C2. The molecule has 1 nitrogen and oxygen atoms in total. The molecule has 0 spiro atoms. The molecule has 0 radical (unpaired) electrons. The third kappa shape index (κ3) is 1.87. The lowest BCUT2D eigenvalue weighted by Crippen LogP contribution is -2.62. The van der Waals surface area contributed by atoms with E-state index in [1.54, 1.807) is 0 Å². The quantitative estimate of drug-likeness (QED) is 0.809. The normalized spacial score (nSPS) is 53.5. The van der Waals surface area contributed by atoms with E-state index in [2.05, 4.69) is 11.8 Å². The van der Waals surface area contributed by atoms with Crippen molar-refractivity contribution in [2.75, 3.05) is 0 Å². The standard InChI is InChI=1S/C15H25NS/c16-14-6-11-5-12(7-14)9-15(8-11,10-14)17-13-3-1-2-4-13/h11-13H,1-10,16H2. The fraction of sp³-hybridized carbons (Fsp3) is 1.00. The molecule has 2 N–H and O–H groups in total. The minimum Gasteiger partial charge on any atom is -0.325 e. The lowest BCUT2D eigenvalue weighted by atomic mass is 9.53. The van der Waals surface area contributed by atoms with Gasteiger partial charge in [-0.3, -0.25) is 0 Å². The van der Waals surface area contributed by atoms with Gasteiger partial charge >= 0.3 is 0 Å². The van der Waals surface area contributed by atoms with Gasteiger partial charge in [-0.05, 0) is 63.2 Å². The second-order valence-electron chi connectivity index (χ2n) is 7.53. The lowest BCUT2D eigenvalue weighted by Gasteiger charge is -2.61. The molecule has 5 aliphatic rings. The molecule has 5 aliphatic carbocycles. The zero-order valence-electron chi connectivity index (χ0n) is 10.8. The van der Waals surface area contributed by atoms with Crippen LogP contribution in [0.1, 0.15) is 64.2 Å². The molecule has 0 amide bonds. The van der Waals surface area contributed by atoms with Gasteiger partial charge in [-0.15, -0.1) is 0 Å².